The van der Waals surface area contributed by atoms with Gasteiger partial charge in [-0.25, -0.2) is 4.79 Å². The van der Waals surface area contributed by atoms with Crippen molar-refractivity contribution in [2.45, 2.75) is 39.2 Å². The van der Waals surface area contributed by atoms with Crippen LogP contribution in [0.5, 0.6) is 0 Å². The van der Waals surface area contributed by atoms with Gasteiger partial charge in [-0.3, -0.25) is 0 Å². The van der Waals surface area contributed by atoms with Crippen molar-refractivity contribution >= 4 is 5.97 Å². The Morgan fingerprint density at radius 2 is 2.31 bits per heavy atom. The molecule has 0 aliphatic carbocycles. The third kappa shape index (κ3) is 9.08. The molecule has 0 amide bonds. The van der Waals surface area contributed by atoms with Crippen LogP contribution in [0.3, 0.4) is 0 Å². The highest BCUT2D eigenvalue weighted by atomic mass is 16.5. The Morgan fingerprint density at radius 1 is 1.62 bits per heavy atom. The Labute approximate surface area is 79.4 Å². The fourth-order valence-electron chi connectivity index (χ4n) is 0.901. The summed E-state index contributed by atoms with van der Waals surface area (Å²) in [6.07, 6.45) is 5.44. The molecular formula is C10H18O3. The number of hydrogen-bond donors (Lipinski definition) is 1. The number of carbonyl (C=O) groups excluding carboxylic acids is 1. The molecular weight excluding hydrogens is 168 g/mol. The van der Waals surface area contributed by atoms with Crippen LogP contribution in [0.15, 0.2) is 12.2 Å². The molecule has 0 aromatic carbocycles. The molecule has 76 valence electrons. The molecule has 3 nitrogen and oxygen atoms in total. The van der Waals surface area contributed by atoms with Crippen molar-refractivity contribution in [3.63, 3.8) is 0 Å². The van der Waals surface area contributed by atoms with Gasteiger partial charge in [0, 0.05) is 6.08 Å². The summed E-state index contributed by atoms with van der Waals surface area (Å²) in [5.74, 6) is -0.292. The van der Waals surface area contributed by atoms with Crippen LogP contribution in [0, 0.1) is 0 Å². The Bertz CT molecular complexity index is 162. The van der Waals surface area contributed by atoms with E-state index >= 15 is 0 Å². The van der Waals surface area contributed by atoms with Crippen LogP contribution in [-0.2, 0) is 9.53 Å². The lowest BCUT2D eigenvalue weighted by Gasteiger charge is -2.00. The maximum Gasteiger partial charge on any atom is 0.330 e. The second-order valence-corrected chi connectivity index (χ2v) is 2.93. The smallest absolute Gasteiger partial charge is 0.330 e. The third-order valence-electron chi connectivity index (χ3n) is 1.53. The Kier molecular flexibility index (Phi) is 7.30. The first-order valence-corrected chi connectivity index (χ1v) is 4.68. The van der Waals surface area contributed by atoms with Crippen molar-refractivity contribution in [2.75, 3.05) is 6.61 Å². The number of allylic oxidation sites excluding steroid dienone is 1. The molecule has 0 aliphatic heterocycles. The highest BCUT2D eigenvalue weighted by Gasteiger charge is 1.94. The second-order valence-electron chi connectivity index (χ2n) is 2.93. The second kappa shape index (κ2) is 7.80. The third-order valence-corrected chi connectivity index (χ3v) is 1.53. The summed E-state index contributed by atoms with van der Waals surface area (Å²) in [7, 11) is 0. The number of aliphatic hydroxyl groups is 1. The van der Waals surface area contributed by atoms with Gasteiger partial charge in [-0.2, -0.15) is 0 Å². The van der Waals surface area contributed by atoms with E-state index in [1.165, 1.54) is 6.08 Å². The number of aliphatic hydroxyl groups excluding tert-OH is 1. The highest BCUT2D eigenvalue weighted by Crippen LogP contribution is 2.00. The van der Waals surface area contributed by atoms with E-state index in [9.17, 15) is 4.79 Å². The van der Waals surface area contributed by atoms with Gasteiger partial charge in [0.15, 0.2) is 0 Å². The van der Waals surface area contributed by atoms with E-state index in [1.807, 2.05) is 0 Å². The van der Waals surface area contributed by atoms with Crippen LogP contribution in [-0.4, -0.2) is 23.8 Å². The SMILES string of the molecule is CCOC(=O)C=CCCCC(C)O. The average Bonchev–Trinajstić information content (AvgIpc) is 2.03. The Morgan fingerprint density at radius 3 is 2.85 bits per heavy atom. The number of rotatable bonds is 6. The lowest BCUT2D eigenvalue weighted by Crippen LogP contribution is -1.99. The van der Waals surface area contributed by atoms with Crippen LogP contribution in [0.25, 0.3) is 0 Å². The van der Waals surface area contributed by atoms with Crippen LogP contribution in [0.4, 0.5) is 0 Å². The van der Waals surface area contributed by atoms with Crippen molar-refractivity contribution < 1.29 is 14.6 Å². The summed E-state index contributed by atoms with van der Waals surface area (Å²) >= 11 is 0. The van der Waals surface area contributed by atoms with Crippen molar-refractivity contribution in [1.82, 2.24) is 0 Å². The summed E-state index contributed by atoms with van der Waals surface area (Å²) in [5, 5.41) is 8.93. The number of ether oxygens (including phenoxy) is 1. The van der Waals surface area contributed by atoms with Crippen LogP contribution in [0.1, 0.15) is 33.1 Å². The maximum atomic E-state index is 10.8. The van der Waals surface area contributed by atoms with E-state index in [0.29, 0.717) is 6.61 Å². The first-order chi connectivity index (χ1) is 6.16. The first-order valence-electron chi connectivity index (χ1n) is 4.68. The van der Waals surface area contributed by atoms with Crippen molar-refractivity contribution in [3.05, 3.63) is 12.2 Å². The zero-order valence-electron chi connectivity index (χ0n) is 8.32. The van der Waals surface area contributed by atoms with Crippen LogP contribution >= 0.6 is 0 Å². The van der Waals surface area contributed by atoms with Gasteiger partial charge in [-0.05, 0) is 33.1 Å². The molecule has 1 atom stereocenters. The summed E-state index contributed by atoms with van der Waals surface area (Å²) < 4.78 is 4.69. The fourth-order valence-corrected chi connectivity index (χ4v) is 0.901. The quantitative estimate of drug-likeness (QED) is 0.390. The highest BCUT2D eigenvalue weighted by molar-refractivity contribution is 5.81. The summed E-state index contributed by atoms with van der Waals surface area (Å²) in [6, 6.07) is 0. The molecule has 0 rings (SSSR count). The standard InChI is InChI=1S/C10H18O3/c1-3-13-10(12)8-6-4-5-7-9(2)11/h6,8-9,11H,3-5,7H2,1-2H3. The molecule has 1 unspecified atom stereocenters. The van der Waals surface area contributed by atoms with E-state index in [-0.39, 0.29) is 12.1 Å². The number of carbonyl (C=O) groups is 1. The molecule has 0 radical (unpaired) electrons. The van der Waals surface area contributed by atoms with Gasteiger partial charge in [0.25, 0.3) is 0 Å². The van der Waals surface area contributed by atoms with Crippen LogP contribution in [0.2, 0.25) is 0 Å². The largest absolute Gasteiger partial charge is 0.463 e. The number of esters is 1. The molecule has 3 heteroatoms. The molecule has 0 fully saturated rings. The molecule has 0 spiro atoms. The van der Waals surface area contributed by atoms with E-state index in [4.69, 9.17) is 9.84 Å². The van der Waals surface area contributed by atoms with Crippen molar-refractivity contribution in [1.29, 1.82) is 0 Å². The Hall–Kier alpha value is -0.830. The molecule has 0 aliphatic rings. The van der Waals surface area contributed by atoms with Gasteiger partial charge in [0.1, 0.15) is 0 Å². The predicted molar refractivity (Wildman–Crippen MR) is 51.3 cm³/mol. The maximum absolute atomic E-state index is 10.8. The minimum absolute atomic E-state index is 0.254. The molecule has 1 N–H and O–H groups in total. The topological polar surface area (TPSA) is 46.5 Å². The lowest BCUT2D eigenvalue weighted by atomic mass is 10.2. The minimum Gasteiger partial charge on any atom is -0.463 e. The monoisotopic (exact) mass is 186 g/mol. The van der Waals surface area contributed by atoms with Crippen molar-refractivity contribution in [3.8, 4) is 0 Å². The van der Waals surface area contributed by atoms with Crippen LogP contribution < -0.4 is 0 Å². The molecule has 0 saturated heterocycles. The molecule has 0 saturated carbocycles. The van der Waals surface area contributed by atoms with Gasteiger partial charge < -0.3 is 9.84 Å². The summed E-state index contributed by atoms with van der Waals surface area (Å²) in [6.45, 7) is 3.95. The Balaban J connectivity index is 3.35. The van der Waals surface area contributed by atoms with E-state index in [0.717, 1.165) is 19.3 Å². The predicted octanol–water partition coefficient (Wildman–Crippen LogP) is 1.66. The summed E-state index contributed by atoms with van der Waals surface area (Å²) in [4.78, 5) is 10.8. The van der Waals surface area contributed by atoms with Gasteiger partial charge in [0.05, 0.1) is 12.7 Å². The summed E-state index contributed by atoms with van der Waals surface area (Å²) in [5.41, 5.74) is 0. The molecule has 0 aromatic rings. The van der Waals surface area contributed by atoms with Gasteiger partial charge in [-0.1, -0.05) is 6.08 Å². The van der Waals surface area contributed by atoms with E-state index in [1.54, 1.807) is 19.9 Å². The fraction of sp³-hybridized carbons (Fsp3) is 0.700. The van der Waals surface area contributed by atoms with E-state index < -0.39 is 0 Å². The van der Waals surface area contributed by atoms with E-state index in [2.05, 4.69) is 0 Å². The van der Waals surface area contributed by atoms with Gasteiger partial charge in [-0.15, -0.1) is 0 Å². The molecule has 0 bridgehead atoms. The average molecular weight is 186 g/mol. The first kappa shape index (κ1) is 12.2. The number of hydrogen-bond acceptors (Lipinski definition) is 3. The van der Waals surface area contributed by atoms with Gasteiger partial charge in [0.2, 0.25) is 0 Å². The molecule has 0 heterocycles. The molecule has 13 heavy (non-hydrogen) atoms. The zero-order valence-corrected chi connectivity index (χ0v) is 8.32. The minimum atomic E-state index is -0.292. The van der Waals surface area contributed by atoms with Gasteiger partial charge >= 0.3 is 5.97 Å². The number of unbranched alkanes of at least 4 members (excludes halogenated alkanes) is 1. The normalized spacial score (nSPS) is 13.2. The van der Waals surface area contributed by atoms with Crippen molar-refractivity contribution in [2.24, 2.45) is 0 Å². The zero-order chi connectivity index (χ0) is 10.1. The molecule has 0 aromatic heterocycles. The lowest BCUT2D eigenvalue weighted by molar-refractivity contribution is -0.137.